The van der Waals surface area contributed by atoms with Crippen LogP contribution in [-0.4, -0.2) is 10.8 Å². The van der Waals surface area contributed by atoms with Gasteiger partial charge in [-0.1, -0.05) is 43.3 Å². The first-order valence-electron chi connectivity index (χ1n) is 6.72. The Bertz CT molecular complexity index is 641. The van der Waals surface area contributed by atoms with E-state index in [-0.39, 0.29) is 17.5 Å². The van der Waals surface area contributed by atoms with Crippen LogP contribution < -0.4 is 5.32 Å². The normalized spacial score (nSPS) is 11.7. The number of carbonyl (C=O) groups excluding carboxylic acids is 1. The van der Waals surface area contributed by atoms with Crippen LogP contribution in [0, 0.1) is 10.1 Å². The molecule has 1 N–H and O–H groups in total. The number of nitro groups is 1. The van der Waals surface area contributed by atoms with Gasteiger partial charge in [-0.25, -0.2) is 0 Å². The van der Waals surface area contributed by atoms with Gasteiger partial charge < -0.3 is 5.32 Å². The number of nitrogens with zero attached hydrogens (tertiary/aromatic N) is 1. The van der Waals surface area contributed by atoms with Crippen molar-refractivity contribution in [2.45, 2.75) is 19.3 Å². The topological polar surface area (TPSA) is 72.2 Å². The van der Waals surface area contributed by atoms with Crippen LogP contribution in [0.15, 0.2) is 54.6 Å². The van der Waals surface area contributed by atoms with Crippen LogP contribution in [0.4, 0.5) is 11.4 Å². The first-order valence-corrected chi connectivity index (χ1v) is 6.72. The van der Waals surface area contributed by atoms with Crippen LogP contribution in [-0.2, 0) is 4.79 Å². The van der Waals surface area contributed by atoms with E-state index < -0.39 is 4.92 Å². The second kappa shape index (κ2) is 6.65. The molecule has 0 aliphatic heterocycles. The summed E-state index contributed by atoms with van der Waals surface area (Å²) < 4.78 is 0. The lowest BCUT2D eigenvalue weighted by atomic mass is 9.95. The number of benzene rings is 2. The van der Waals surface area contributed by atoms with Crippen molar-refractivity contribution in [2.24, 2.45) is 0 Å². The second-order valence-corrected chi connectivity index (χ2v) is 4.67. The van der Waals surface area contributed by atoms with Crippen LogP contribution in [0.1, 0.15) is 24.8 Å². The number of hydrogen-bond donors (Lipinski definition) is 1. The van der Waals surface area contributed by atoms with Crippen molar-refractivity contribution < 1.29 is 9.72 Å². The molecule has 21 heavy (non-hydrogen) atoms. The third kappa shape index (κ3) is 3.66. The summed E-state index contributed by atoms with van der Waals surface area (Å²) in [5.41, 5.74) is 1.33. The molecule has 0 spiro atoms. The lowest BCUT2D eigenvalue weighted by molar-refractivity contribution is -0.384. The van der Waals surface area contributed by atoms with Gasteiger partial charge in [0.15, 0.2) is 0 Å². The Morgan fingerprint density at radius 1 is 1.19 bits per heavy atom. The Labute approximate surface area is 122 Å². The van der Waals surface area contributed by atoms with E-state index in [0.29, 0.717) is 12.1 Å². The van der Waals surface area contributed by atoms with Crippen molar-refractivity contribution in [3.05, 3.63) is 70.3 Å². The summed E-state index contributed by atoms with van der Waals surface area (Å²) in [6.45, 7) is 1.94. The molecule has 0 saturated heterocycles. The van der Waals surface area contributed by atoms with Gasteiger partial charge in [-0.15, -0.1) is 0 Å². The smallest absolute Gasteiger partial charge is 0.271 e. The predicted octanol–water partition coefficient (Wildman–Crippen LogP) is 3.73. The molecule has 5 nitrogen and oxygen atoms in total. The molecule has 0 saturated carbocycles. The molecule has 0 bridgehead atoms. The maximum atomic E-state index is 12.3. The van der Waals surface area contributed by atoms with Crippen LogP contribution in [0.5, 0.6) is 0 Å². The summed E-state index contributed by atoms with van der Waals surface area (Å²) in [6.07, 6.45) is 0.658. The minimum absolute atomic E-state index is 0.0411. The third-order valence-electron chi connectivity index (χ3n) is 3.25. The zero-order chi connectivity index (χ0) is 15.2. The highest BCUT2D eigenvalue weighted by molar-refractivity contribution is 5.96. The van der Waals surface area contributed by atoms with Crippen LogP contribution in [0.3, 0.4) is 0 Å². The van der Waals surface area contributed by atoms with Gasteiger partial charge in [-0.3, -0.25) is 14.9 Å². The van der Waals surface area contributed by atoms with Crippen molar-refractivity contribution in [3.63, 3.8) is 0 Å². The fraction of sp³-hybridized carbons (Fsp3) is 0.188. The maximum absolute atomic E-state index is 12.3. The zero-order valence-electron chi connectivity index (χ0n) is 11.7. The molecule has 5 heteroatoms. The summed E-state index contributed by atoms with van der Waals surface area (Å²) in [5.74, 6) is -0.435. The fourth-order valence-corrected chi connectivity index (χ4v) is 2.18. The number of amides is 1. The molecule has 0 aliphatic rings. The highest BCUT2D eigenvalue weighted by Crippen LogP contribution is 2.23. The SMILES string of the molecule is CC[C@@H](C(=O)Nc1cccc([N+](=O)[O-])c1)c1ccccc1. The zero-order valence-corrected chi connectivity index (χ0v) is 11.7. The number of hydrogen-bond acceptors (Lipinski definition) is 3. The Balaban J connectivity index is 2.16. The van der Waals surface area contributed by atoms with Gasteiger partial charge in [0.25, 0.3) is 5.69 Å². The Hall–Kier alpha value is -2.69. The van der Waals surface area contributed by atoms with E-state index in [1.54, 1.807) is 12.1 Å². The Kier molecular flexibility index (Phi) is 4.66. The van der Waals surface area contributed by atoms with Crippen LogP contribution in [0.25, 0.3) is 0 Å². The highest BCUT2D eigenvalue weighted by atomic mass is 16.6. The van der Waals surface area contributed by atoms with Gasteiger partial charge in [-0.2, -0.15) is 0 Å². The summed E-state index contributed by atoms with van der Waals surface area (Å²) >= 11 is 0. The molecule has 0 aliphatic carbocycles. The molecule has 2 aromatic rings. The quantitative estimate of drug-likeness (QED) is 0.671. The van der Waals surface area contributed by atoms with Gasteiger partial charge in [0.05, 0.1) is 10.8 Å². The molecule has 0 unspecified atom stereocenters. The average Bonchev–Trinajstić information content (AvgIpc) is 2.49. The second-order valence-electron chi connectivity index (χ2n) is 4.67. The fourth-order valence-electron chi connectivity index (χ4n) is 2.18. The summed E-state index contributed by atoms with van der Waals surface area (Å²) in [4.78, 5) is 22.6. The highest BCUT2D eigenvalue weighted by Gasteiger charge is 2.19. The number of rotatable bonds is 5. The van der Waals surface area contributed by atoms with E-state index in [1.165, 1.54) is 12.1 Å². The van der Waals surface area contributed by atoms with E-state index >= 15 is 0 Å². The van der Waals surface area contributed by atoms with Crippen LogP contribution in [0.2, 0.25) is 0 Å². The standard InChI is InChI=1S/C16H16N2O3/c1-2-15(12-7-4-3-5-8-12)16(19)17-13-9-6-10-14(11-13)18(20)21/h3-11,15H,2H2,1H3,(H,17,19)/t15-/m1/s1. The van der Waals surface area contributed by atoms with Gasteiger partial charge in [-0.05, 0) is 18.1 Å². The molecule has 2 rings (SSSR count). The third-order valence-corrected chi connectivity index (χ3v) is 3.25. The minimum atomic E-state index is -0.482. The molecule has 0 aromatic heterocycles. The van der Waals surface area contributed by atoms with E-state index in [9.17, 15) is 14.9 Å². The number of carbonyl (C=O) groups is 1. The predicted molar refractivity (Wildman–Crippen MR) is 81.2 cm³/mol. The maximum Gasteiger partial charge on any atom is 0.271 e. The van der Waals surface area contributed by atoms with Crippen molar-refractivity contribution in [2.75, 3.05) is 5.32 Å². The first kappa shape index (κ1) is 14.7. The minimum Gasteiger partial charge on any atom is -0.325 e. The molecule has 0 heterocycles. The van der Waals surface area contributed by atoms with E-state index in [2.05, 4.69) is 5.32 Å². The number of nitrogens with one attached hydrogen (secondary N) is 1. The molecule has 0 fully saturated rings. The molecule has 108 valence electrons. The molecular formula is C16H16N2O3. The average molecular weight is 284 g/mol. The largest absolute Gasteiger partial charge is 0.325 e. The number of anilines is 1. The van der Waals surface area contributed by atoms with E-state index in [4.69, 9.17) is 0 Å². The van der Waals surface area contributed by atoms with Crippen molar-refractivity contribution in [1.82, 2.24) is 0 Å². The lowest BCUT2D eigenvalue weighted by Gasteiger charge is -2.15. The molecule has 0 radical (unpaired) electrons. The number of nitro benzene ring substituents is 1. The lowest BCUT2D eigenvalue weighted by Crippen LogP contribution is -2.20. The van der Waals surface area contributed by atoms with Crippen molar-refractivity contribution in [3.8, 4) is 0 Å². The first-order chi connectivity index (χ1) is 10.1. The van der Waals surface area contributed by atoms with Crippen molar-refractivity contribution in [1.29, 1.82) is 0 Å². The molecule has 1 atom stereocenters. The van der Waals surface area contributed by atoms with E-state index in [0.717, 1.165) is 5.56 Å². The van der Waals surface area contributed by atoms with Gasteiger partial charge in [0, 0.05) is 17.8 Å². The van der Waals surface area contributed by atoms with Crippen LogP contribution >= 0.6 is 0 Å². The summed E-state index contributed by atoms with van der Waals surface area (Å²) in [5, 5.41) is 13.5. The number of non-ortho nitro benzene ring substituents is 1. The molecular weight excluding hydrogens is 268 g/mol. The van der Waals surface area contributed by atoms with Gasteiger partial charge in [0.1, 0.15) is 0 Å². The summed E-state index contributed by atoms with van der Waals surface area (Å²) in [6, 6.07) is 15.4. The molecule has 1 amide bonds. The Morgan fingerprint density at radius 3 is 2.52 bits per heavy atom. The van der Waals surface area contributed by atoms with Gasteiger partial charge >= 0.3 is 0 Å². The van der Waals surface area contributed by atoms with Crippen molar-refractivity contribution >= 4 is 17.3 Å². The molecule has 2 aromatic carbocycles. The van der Waals surface area contributed by atoms with Gasteiger partial charge in [0.2, 0.25) is 5.91 Å². The monoisotopic (exact) mass is 284 g/mol. The van der Waals surface area contributed by atoms with E-state index in [1.807, 2.05) is 37.3 Å². The summed E-state index contributed by atoms with van der Waals surface area (Å²) in [7, 11) is 0. The Morgan fingerprint density at radius 2 is 1.90 bits per heavy atom.